The molecule has 0 aliphatic heterocycles. The van der Waals surface area contributed by atoms with Crippen LogP contribution >= 0.6 is 7.60 Å². The van der Waals surface area contributed by atoms with Gasteiger partial charge in [-0.15, -0.1) is 0 Å². The third-order valence-corrected chi connectivity index (χ3v) is 4.39. The van der Waals surface area contributed by atoms with Crippen LogP contribution in [0.15, 0.2) is 0 Å². The molecule has 0 spiro atoms. The third-order valence-electron chi connectivity index (χ3n) is 2.05. The quantitative estimate of drug-likeness (QED) is 0.594. The number of hydrogen-bond acceptors (Lipinski definition) is 4. The molecule has 0 aliphatic carbocycles. The van der Waals surface area contributed by atoms with Crippen LogP contribution in [0.5, 0.6) is 0 Å². The first kappa shape index (κ1) is 16.8. The maximum Gasteiger partial charge on any atom is 0.331 e. The molecule has 0 aromatic rings. The van der Waals surface area contributed by atoms with E-state index in [9.17, 15) is 9.36 Å². The largest absolute Gasteiger partial charge is 0.331 e. The highest BCUT2D eigenvalue weighted by Gasteiger charge is 2.33. The number of carbonyl (C=O) groups excluding carboxylic acids is 1. The molecule has 5 heteroatoms. The molecule has 0 amide bonds. The highest BCUT2D eigenvalue weighted by atomic mass is 31.2. The van der Waals surface area contributed by atoms with Gasteiger partial charge in [0, 0.05) is 12.6 Å². The summed E-state index contributed by atoms with van der Waals surface area (Å²) in [6, 6.07) is 0. The van der Waals surface area contributed by atoms with Crippen LogP contribution in [0, 0.1) is 0 Å². The molecule has 0 aromatic carbocycles. The molecule has 0 heterocycles. The summed E-state index contributed by atoms with van der Waals surface area (Å²) >= 11 is 0. The fourth-order valence-corrected chi connectivity index (χ4v) is 3.75. The van der Waals surface area contributed by atoms with Gasteiger partial charge in [-0.1, -0.05) is 13.8 Å². The standard InChI is InChI=1S/C12H25O4P/c1-6-8-15-17(14,9-7-2)16-12(4,5)10-11(3)13/h6-10H2,1-5H3. The topological polar surface area (TPSA) is 52.6 Å². The first-order chi connectivity index (χ1) is 7.74. The van der Waals surface area contributed by atoms with E-state index in [1.54, 1.807) is 13.8 Å². The Hall–Kier alpha value is -0.180. The molecule has 1 atom stereocenters. The average Bonchev–Trinajstić information content (AvgIpc) is 2.11. The minimum atomic E-state index is -3.07. The molecular formula is C12H25O4P. The first-order valence-electron chi connectivity index (χ1n) is 6.18. The molecule has 0 N–H and O–H groups in total. The Bertz CT molecular complexity index is 286. The fourth-order valence-electron chi connectivity index (χ4n) is 1.65. The van der Waals surface area contributed by atoms with Gasteiger partial charge in [-0.3, -0.25) is 9.36 Å². The molecule has 0 bridgehead atoms. The number of ketones is 1. The Kier molecular flexibility index (Phi) is 7.22. The maximum atomic E-state index is 12.4. The van der Waals surface area contributed by atoms with E-state index < -0.39 is 13.2 Å². The van der Waals surface area contributed by atoms with E-state index in [0.717, 1.165) is 12.8 Å². The summed E-state index contributed by atoms with van der Waals surface area (Å²) in [7, 11) is -3.07. The fraction of sp³-hybridized carbons (Fsp3) is 0.917. The second kappa shape index (κ2) is 7.30. The van der Waals surface area contributed by atoms with E-state index >= 15 is 0 Å². The van der Waals surface area contributed by atoms with Crippen LogP contribution in [0.1, 0.15) is 53.9 Å². The van der Waals surface area contributed by atoms with Crippen molar-refractivity contribution in [1.82, 2.24) is 0 Å². The summed E-state index contributed by atoms with van der Waals surface area (Å²) in [6.07, 6.45) is 2.17. The molecule has 0 saturated carbocycles. The summed E-state index contributed by atoms with van der Waals surface area (Å²) in [5.41, 5.74) is -0.732. The van der Waals surface area contributed by atoms with E-state index in [1.807, 2.05) is 13.8 Å². The second-order valence-corrected chi connectivity index (χ2v) is 7.01. The van der Waals surface area contributed by atoms with E-state index in [1.165, 1.54) is 6.92 Å². The van der Waals surface area contributed by atoms with E-state index in [-0.39, 0.29) is 12.2 Å². The highest BCUT2D eigenvalue weighted by molar-refractivity contribution is 7.53. The zero-order valence-electron chi connectivity index (χ0n) is 11.6. The molecule has 17 heavy (non-hydrogen) atoms. The molecule has 0 rings (SSSR count). The summed E-state index contributed by atoms with van der Waals surface area (Å²) in [5, 5.41) is 0. The molecule has 1 unspecified atom stereocenters. The average molecular weight is 264 g/mol. The van der Waals surface area contributed by atoms with Crippen molar-refractivity contribution < 1.29 is 18.4 Å². The first-order valence-corrected chi connectivity index (χ1v) is 7.91. The Morgan fingerprint density at radius 1 is 1.24 bits per heavy atom. The van der Waals surface area contributed by atoms with E-state index in [4.69, 9.17) is 9.05 Å². The van der Waals surface area contributed by atoms with Crippen molar-refractivity contribution in [2.45, 2.75) is 59.5 Å². The summed E-state index contributed by atoms with van der Waals surface area (Å²) in [6.45, 7) is 9.36. The Morgan fingerprint density at radius 3 is 2.24 bits per heavy atom. The van der Waals surface area contributed by atoms with Crippen molar-refractivity contribution in [2.24, 2.45) is 0 Å². The van der Waals surface area contributed by atoms with Crippen LogP contribution < -0.4 is 0 Å². The van der Waals surface area contributed by atoms with Crippen LogP contribution in [0.25, 0.3) is 0 Å². The summed E-state index contributed by atoms with van der Waals surface area (Å²) in [5.74, 6) is 0.0218. The lowest BCUT2D eigenvalue weighted by molar-refractivity contribution is -0.120. The predicted molar refractivity (Wildman–Crippen MR) is 69.5 cm³/mol. The predicted octanol–water partition coefficient (Wildman–Crippen LogP) is 3.79. The van der Waals surface area contributed by atoms with Gasteiger partial charge in [0.2, 0.25) is 0 Å². The smallest absolute Gasteiger partial charge is 0.309 e. The molecule has 4 nitrogen and oxygen atoms in total. The van der Waals surface area contributed by atoms with Crippen LogP contribution in [-0.4, -0.2) is 24.2 Å². The molecular weight excluding hydrogens is 239 g/mol. The summed E-state index contributed by atoms with van der Waals surface area (Å²) < 4.78 is 23.4. The van der Waals surface area contributed by atoms with Crippen LogP contribution in [0.2, 0.25) is 0 Å². The minimum absolute atomic E-state index is 0.0218. The van der Waals surface area contributed by atoms with Crippen LogP contribution in [-0.2, 0) is 18.4 Å². The minimum Gasteiger partial charge on any atom is -0.309 e. The molecule has 0 saturated heterocycles. The third kappa shape index (κ3) is 7.69. The van der Waals surface area contributed by atoms with Crippen molar-refractivity contribution in [1.29, 1.82) is 0 Å². The normalized spacial score (nSPS) is 15.6. The zero-order chi connectivity index (χ0) is 13.5. The van der Waals surface area contributed by atoms with Crippen molar-refractivity contribution >= 4 is 13.4 Å². The highest BCUT2D eigenvalue weighted by Crippen LogP contribution is 2.52. The second-order valence-electron chi connectivity index (χ2n) is 4.90. The van der Waals surface area contributed by atoms with E-state index in [2.05, 4.69) is 0 Å². The molecule has 102 valence electrons. The molecule has 0 fully saturated rings. The monoisotopic (exact) mass is 264 g/mol. The number of carbonyl (C=O) groups is 1. The van der Waals surface area contributed by atoms with Gasteiger partial charge in [-0.25, -0.2) is 0 Å². The van der Waals surface area contributed by atoms with Gasteiger partial charge >= 0.3 is 7.60 Å². The Labute approximate surface area is 105 Å². The van der Waals surface area contributed by atoms with Crippen LogP contribution in [0.4, 0.5) is 0 Å². The van der Waals surface area contributed by atoms with Gasteiger partial charge in [0.15, 0.2) is 0 Å². The lowest BCUT2D eigenvalue weighted by Gasteiger charge is -2.29. The molecule has 0 aromatic heterocycles. The number of rotatable bonds is 9. The van der Waals surface area contributed by atoms with Gasteiger partial charge in [0.05, 0.1) is 12.2 Å². The molecule has 0 radical (unpaired) electrons. The Morgan fingerprint density at radius 2 is 1.82 bits per heavy atom. The SMILES string of the molecule is CCCOP(=O)(CCC)OC(C)(C)CC(C)=O. The number of Topliss-reactive ketones (excluding diaryl/α,β-unsaturated/α-hetero) is 1. The van der Waals surface area contributed by atoms with Crippen molar-refractivity contribution in [3.8, 4) is 0 Å². The molecule has 0 aliphatic rings. The summed E-state index contributed by atoms with van der Waals surface area (Å²) in [4.78, 5) is 11.1. The Balaban J connectivity index is 4.61. The maximum absolute atomic E-state index is 12.4. The van der Waals surface area contributed by atoms with Gasteiger partial charge in [-0.05, 0) is 33.6 Å². The van der Waals surface area contributed by atoms with Crippen molar-refractivity contribution in [3.63, 3.8) is 0 Å². The van der Waals surface area contributed by atoms with E-state index in [0.29, 0.717) is 12.8 Å². The van der Waals surface area contributed by atoms with Crippen molar-refractivity contribution in [2.75, 3.05) is 12.8 Å². The van der Waals surface area contributed by atoms with Gasteiger partial charge in [0.25, 0.3) is 0 Å². The van der Waals surface area contributed by atoms with Crippen LogP contribution in [0.3, 0.4) is 0 Å². The van der Waals surface area contributed by atoms with Gasteiger partial charge < -0.3 is 9.05 Å². The van der Waals surface area contributed by atoms with Gasteiger partial charge in [-0.2, -0.15) is 0 Å². The zero-order valence-corrected chi connectivity index (χ0v) is 12.5. The lowest BCUT2D eigenvalue weighted by Crippen LogP contribution is -2.27. The van der Waals surface area contributed by atoms with Crippen molar-refractivity contribution in [3.05, 3.63) is 0 Å². The lowest BCUT2D eigenvalue weighted by atomic mass is 10.0. The number of hydrogen-bond donors (Lipinski definition) is 0. The van der Waals surface area contributed by atoms with Gasteiger partial charge in [0.1, 0.15) is 5.78 Å².